The summed E-state index contributed by atoms with van der Waals surface area (Å²) in [6, 6.07) is 19.9. The minimum absolute atomic E-state index is 0.204. The molecule has 0 aliphatic heterocycles. The second-order valence-electron chi connectivity index (χ2n) is 6.00. The summed E-state index contributed by atoms with van der Waals surface area (Å²) >= 11 is 0. The summed E-state index contributed by atoms with van der Waals surface area (Å²) in [5, 5.41) is 2.64. The summed E-state index contributed by atoms with van der Waals surface area (Å²) in [5.41, 5.74) is 13.1. The van der Waals surface area contributed by atoms with Crippen LogP contribution in [0.15, 0.2) is 54.6 Å². The van der Waals surface area contributed by atoms with E-state index in [2.05, 4.69) is 61.5 Å². The molecule has 4 rings (SSSR count). The zero-order chi connectivity index (χ0) is 14.4. The summed E-state index contributed by atoms with van der Waals surface area (Å²) in [4.78, 5) is 0. The first-order valence-corrected chi connectivity index (χ1v) is 7.62. The molecule has 1 atom stereocenters. The Labute approximate surface area is 125 Å². The molecule has 3 aromatic carbocycles. The van der Waals surface area contributed by atoms with Gasteiger partial charge in [-0.25, -0.2) is 0 Å². The molecule has 0 fully saturated rings. The van der Waals surface area contributed by atoms with Gasteiger partial charge in [-0.15, -0.1) is 0 Å². The highest BCUT2D eigenvalue weighted by molar-refractivity contribution is 5.99. The molecule has 1 heteroatoms. The second-order valence-corrected chi connectivity index (χ2v) is 6.00. The molecular formula is C20H19N. The average Bonchev–Trinajstić information content (AvgIpc) is 2.89. The van der Waals surface area contributed by atoms with Crippen molar-refractivity contribution in [1.29, 1.82) is 0 Å². The van der Waals surface area contributed by atoms with Gasteiger partial charge in [0.15, 0.2) is 0 Å². The van der Waals surface area contributed by atoms with Crippen LogP contribution in [0, 0.1) is 6.92 Å². The van der Waals surface area contributed by atoms with Gasteiger partial charge in [0.25, 0.3) is 0 Å². The van der Waals surface area contributed by atoms with Crippen molar-refractivity contribution in [2.75, 3.05) is 0 Å². The van der Waals surface area contributed by atoms with Crippen molar-refractivity contribution in [3.05, 3.63) is 71.3 Å². The number of nitrogens with two attached hydrogens (primary N) is 1. The maximum atomic E-state index is 6.24. The van der Waals surface area contributed by atoms with Crippen LogP contribution in [0.3, 0.4) is 0 Å². The molecule has 1 aliphatic rings. The highest BCUT2D eigenvalue weighted by Gasteiger charge is 2.23. The summed E-state index contributed by atoms with van der Waals surface area (Å²) in [7, 11) is 0. The van der Waals surface area contributed by atoms with Crippen molar-refractivity contribution in [3.8, 4) is 11.1 Å². The minimum atomic E-state index is 0.204. The smallest absolute Gasteiger partial charge is 0.0300 e. The van der Waals surface area contributed by atoms with Crippen molar-refractivity contribution >= 4 is 10.8 Å². The number of fused-ring (bicyclic) bond motifs is 2. The fourth-order valence-electron chi connectivity index (χ4n) is 3.66. The Morgan fingerprint density at radius 1 is 0.952 bits per heavy atom. The van der Waals surface area contributed by atoms with Crippen molar-refractivity contribution < 1.29 is 0 Å². The van der Waals surface area contributed by atoms with Crippen molar-refractivity contribution in [1.82, 2.24) is 0 Å². The van der Waals surface area contributed by atoms with Crippen molar-refractivity contribution in [2.45, 2.75) is 25.8 Å². The Kier molecular flexibility index (Phi) is 2.83. The highest BCUT2D eigenvalue weighted by atomic mass is 14.6. The van der Waals surface area contributed by atoms with E-state index in [0.717, 1.165) is 12.8 Å². The highest BCUT2D eigenvalue weighted by Crippen LogP contribution is 2.40. The van der Waals surface area contributed by atoms with Gasteiger partial charge in [-0.3, -0.25) is 0 Å². The molecule has 1 nitrogen and oxygen atoms in total. The van der Waals surface area contributed by atoms with Gasteiger partial charge in [0.2, 0.25) is 0 Å². The van der Waals surface area contributed by atoms with E-state index in [1.54, 1.807) is 0 Å². The zero-order valence-corrected chi connectivity index (χ0v) is 12.3. The van der Waals surface area contributed by atoms with Crippen LogP contribution >= 0.6 is 0 Å². The van der Waals surface area contributed by atoms with Gasteiger partial charge in [-0.2, -0.15) is 0 Å². The first-order valence-electron chi connectivity index (χ1n) is 7.62. The van der Waals surface area contributed by atoms with Gasteiger partial charge in [0, 0.05) is 6.04 Å². The molecule has 1 unspecified atom stereocenters. The van der Waals surface area contributed by atoms with E-state index >= 15 is 0 Å². The Balaban J connectivity index is 2.06. The van der Waals surface area contributed by atoms with Crippen LogP contribution in [0.25, 0.3) is 21.9 Å². The predicted molar refractivity (Wildman–Crippen MR) is 89.4 cm³/mol. The van der Waals surface area contributed by atoms with E-state index in [1.807, 2.05) is 0 Å². The molecule has 2 N–H and O–H groups in total. The molecule has 21 heavy (non-hydrogen) atoms. The molecule has 0 saturated carbocycles. The molecule has 0 aromatic heterocycles. The largest absolute Gasteiger partial charge is 0.324 e. The van der Waals surface area contributed by atoms with Crippen LogP contribution in [-0.2, 0) is 6.42 Å². The number of hydrogen-bond acceptors (Lipinski definition) is 1. The van der Waals surface area contributed by atoms with E-state index in [4.69, 9.17) is 5.73 Å². The molecule has 0 saturated heterocycles. The van der Waals surface area contributed by atoms with Gasteiger partial charge in [0.05, 0.1) is 0 Å². The minimum Gasteiger partial charge on any atom is -0.324 e. The summed E-state index contributed by atoms with van der Waals surface area (Å²) in [6.45, 7) is 2.20. The quantitative estimate of drug-likeness (QED) is 0.679. The van der Waals surface area contributed by atoms with Gasteiger partial charge in [-0.05, 0) is 58.4 Å². The first-order chi connectivity index (χ1) is 10.3. The number of aryl methyl sites for hydroxylation is 1. The van der Waals surface area contributed by atoms with Crippen LogP contribution in [0.1, 0.15) is 29.2 Å². The lowest BCUT2D eigenvalue weighted by atomic mass is 9.89. The third kappa shape index (κ3) is 1.89. The van der Waals surface area contributed by atoms with Gasteiger partial charge >= 0.3 is 0 Å². The SMILES string of the molecule is Cc1ccc2ccccc2c1-c1cccc2c1CCC2N. The molecule has 0 heterocycles. The van der Waals surface area contributed by atoms with E-state index < -0.39 is 0 Å². The topological polar surface area (TPSA) is 26.0 Å². The Hall–Kier alpha value is -2.12. The van der Waals surface area contributed by atoms with Crippen LogP contribution in [0.4, 0.5) is 0 Å². The molecule has 3 aromatic rings. The van der Waals surface area contributed by atoms with E-state index in [-0.39, 0.29) is 6.04 Å². The fraction of sp³-hybridized carbons (Fsp3) is 0.200. The lowest BCUT2D eigenvalue weighted by molar-refractivity contribution is 0.713. The maximum Gasteiger partial charge on any atom is 0.0300 e. The second kappa shape index (κ2) is 4.71. The monoisotopic (exact) mass is 273 g/mol. The van der Waals surface area contributed by atoms with Crippen LogP contribution in [-0.4, -0.2) is 0 Å². The number of rotatable bonds is 1. The number of benzene rings is 3. The molecule has 0 amide bonds. The lowest BCUT2D eigenvalue weighted by Crippen LogP contribution is -2.05. The Morgan fingerprint density at radius 2 is 1.81 bits per heavy atom. The molecule has 104 valence electrons. The summed E-state index contributed by atoms with van der Waals surface area (Å²) in [6.07, 6.45) is 2.16. The lowest BCUT2D eigenvalue weighted by Gasteiger charge is -2.15. The molecule has 0 radical (unpaired) electrons. The number of hydrogen-bond donors (Lipinski definition) is 1. The van der Waals surface area contributed by atoms with E-state index in [1.165, 1.54) is 38.6 Å². The Bertz CT molecular complexity index is 832. The average molecular weight is 273 g/mol. The van der Waals surface area contributed by atoms with Gasteiger partial charge in [0.1, 0.15) is 0 Å². The third-order valence-corrected chi connectivity index (χ3v) is 4.72. The molecular weight excluding hydrogens is 254 g/mol. The summed E-state index contributed by atoms with van der Waals surface area (Å²) in [5.74, 6) is 0. The van der Waals surface area contributed by atoms with E-state index in [0.29, 0.717) is 0 Å². The Morgan fingerprint density at radius 3 is 2.71 bits per heavy atom. The predicted octanol–water partition coefficient (Wildman–Crippen LogP) is 4.76. The summed E-state index contributed by atoms with van der Waals surface area (Å²) < 4.78 is 0. The van der Waals surface area contributed by atoms with Crippen LogP contribution in [0.5, 0.6) is 0 Å². The molecule has 1 aliphatic carbocycles. The normalized spacial score (nSPS) is 17.1. The first kappa shape index (κ1) is 12.6. The van der Waals surface area contributed by atoms with Gasteiger partial charge in [-0.1, -0.05) is 54.6 Å². The fourth-order valence-corrected chi connectivity index (χ4v) is 3.66. The zero-order valence-electron chi connectivity index (χ0n) is 12.3. The third-order valence-electron chi connectivity index (χ3n) is 4.72. The van der Waals surface area contributed by atoms with E-state index in [9.17, 15) is 0 Å². The maximum absolute atomic E-state index is 6.24. The van der Waals surface area contributed by atoms with Crippen molar-refractivity contribution in [2.24, 2.45) is 5.73 Å². The molecule has 0 spiro atoms. The standard InChI is InChI=1S/C20H19N/c1-13-9-10-14-5-2-3-6-15(14)20(13)18-8-4-7-17-16(18)11-12-19(17)21/h2-10,19H,11-12,21H2,1H3. The molecule has 0 bridgehead atoms. The van der Waals surface area contributed by atoms with Gasteiger partial charge < -0.3 is 5.73 Å². The van der Waals surface area contributed by atoms with Crippen LogP contribution in [0.2, 0.25) is 0 Å². The van der Waals surface area contributed by atoms with Crippen LogP contribution < -0.4 is 5.73 Å². The van der Waals surface area contributed by atoms with Crippen molar-refractivity contribution in [3.63, 3.8) is 0 Å².